The zero-order valence-electron chi connectivity index (χ0n) is 10.9. The Bertz CT molecular complexity index is 437. The maximum atomic E-state index is 11.5. The van der Waals surface area contributed by atoms with Crippen LogP contribution < -0.4 is 10.6 Å². The van der Waals surface area contributed by atoms with Crippen LogP contribution in [0.25, 0.3) is 0 Å². The van der Waals surface area contributed by atoms with Crippen LogP contribution >= 0.6 is 11.6 Å². The summed E-state index contributed by atoms with van der Waals surface area (Å²) in [5.74, 6) is -1.42. The number of halogens is 1. The molecule has 0 aliphatic rings. The van der Waals surface area contributed by atoms with Crippen molar-refractivity contribution in [2.24, 2.45) is 0 Å². The largest absolute Gasteiger partial charge is 0.394 e. The highest BCUT2D eigenvalue weighted by atomic mass is 35.5. The second kappa shape index (κ2) is 9.30. The van der Waals surface area contributed by atoms with Crippen molar-refractivity contribution in [1.82, 2.24) is 10.6 Å². The lowest BCUT2D eigenvalue weighted by atomic mass is 10.2. The Labute approximate surface area is 122 Å². The van der Waals surface area contributed by atoms with Gasteiger partial charge >= 0.3 is 11.8 Å². The number of nitrogens with one attached hydrogen (secondary N) is 2. The highest BCUT2D eigenvalue weighted by molar-refractivity contribution is 6.35. The van der Waals surface area contributed by atoms with E-state index in [0.29, 0.717) is 5.02 Å². The van der Waals surface area contributed by atoms with Gasteiger partial charge in [-0.05, 0) is 17.7 Å². The molecule has 0 spiro atoms. The van der Waals surface area contributed by atoms with Gasteiger partial charge in [0.05, 0.1) is 19.8 Å². The highest BCUT2D eigenvalue weighted by Crippen LogP contribution is 2.08. The van der Waals surface area contributed by atoms with E-state index in [4.69, 9.17) is 21.4 Å². The Morgan fingerprint density at radius 1 is 1.10 bits per heavy atom. The molecule has 110 valence electrons. The van der Waals surface area contributed by atoms with Crippen LogP contribution in [0.15, 0.2) is 24.3 Å². The van der Waals surface area contributed by atoms with Crippen LogP contribution in [0, 0.1) is 0 Å². The van der Waals surface area contributed by atoms with Crippen molar-refractivity contribution in [3.63, 3.8) is 0 Å². The lowest BCUT2D eigenvalue weighted by Gasteiger charge is -2.07. The van der Waals surface area contributed by atoms with Gasteiger partial charge in [-0.1, -0.05) is 23.7 Å². The molecule has 2 amide bonds. The van der Waals surface area contributed by atoms with Crippen LogP contribution in [0.5, 0.6) is 0 Å². The number of hydrogen-bond acceptors (Lipinski definition) is 4. The summed E-state index contributed by atoms with van der Waals surface area (Å²) in [6.07, 6.45) is 0. The summed E-state index contributed by atoms with van der Waals surface area (Å²) in [6.45, 7) is 0.850. The van der Waals surface area contributed by atoms with E-state index in [-0.39, 0.29) is 32.9 Å². The first kappa shape index (κ1) is 16.4. The Morgan fingerprint density at radius 3 is 2.40 bits per heavy atom. The zero-order valence-corrected chi connectivity index (χ0v) is 11.7. The van der Waals surface area contributed by atoms with E-state index >= 15 is 0 Å². The monoisotopic (exact) mass is 300 g/mol. The second-order valence-electron chi connectivity index (χ2n) is 3.90. The first-order valence-electron chi connectivity index (χ1n) is 6.12. The van der Waals surface area contributed by atoms with Gasteiger partial charge in [-0.15, -0.1) is 0 Å². The maximum absolute atomic E-state index is 11.5. The molecule has 0 aliphatic heterocycles. The minimum atomic E-state index is -0.716. The molecule has 20 heavy (non-hydrogen) atoms. The predicted molar refractivity (Wildman–Crippen MR) is 74.2 cm³/mol. The van der Waals surface area contributed by atoms with Crippen LogP contribution in [0.3, 0.4) is 0 Å². The number of aliphatic hydroxyl groups is 1. The van der Waals surface area contributed by atoms with Crippen molar-refractivity contribution >= 4 is 23.4 Å². The molecule has 1 rings (SSSR count). The lowest BCUT2D eigenvalue weighted by molar-refractivity contribution is -0.139. The van der Waals surface area contributed by atoms with Crippen LogP contribution in [0.1, 0.15) is 5.56 Å². The number of ether oxygens (including phenoxy) is 1. The smallest absolute Gasteiger partial charge is 0.309 e. The normalized spacial score (nSPS) is 10.1. The van der Waals surface area contributed by atoms with Crippen molar-refractivity contribution in [1.29, 1.82) is 0 Å². The Morgan fingerprint density at radius 2 is 1.75 bits per heavy atom. The Balaban J connectivity index is 2.21. The van der Waals surface area contributed by atoms with Crippen molar-refractivity contribution in [3.05, 3.63) is 34.9 Å². The molecule has 3 N–H and O–H groups in total. The summed E-state index contributed by atoms with van der Waals surface area (Å²) in [5, 5.41) is 14.0. The third-order valence-corrected chi connectivity index (χ3v) is 2.59. The number of aliphatic hydroxyl groups excluding tert-OH is 1. The molecule has 1 aromatic rings. The summed E-state index contributed by atoms with van der Waals surface area (Å²) in [6, 6.07) is 6.95. The van der Waals surface area contributed by atoms with Gasteiger partial charge in [0, 0.05) is 18.1 Å². The summed E-state index contributed by atoms with van der Waals surface area (Å²) in [5.41, 5.74) is 0.849. The van der Waals surface area contributed by atoms with E-state index in [1.807, 2.05) is 0 Å². The highest BCUT2D eigenvalue weighted by Gasteiger charge is 2.11. The Kier molecular flexibility index (Phi) is 7.64. The number of carbonyl (C=O) groups is 2. The van der Waals surface area contributed by atoms with Gasteiger partial charge in [-0.3, -0.25) is 9.59 Å². The minimum absolute atomic E-state index is 0.0739. The van der Waals surface area contributed by atoms with Crippen LogP contribution in [-0.2, 0) is 20.9 Å². The molecular formula is C13H17ClN2O4. The maximum Gasteiger partial charge on any atom is 0.309 e. The average molecular weight is 301 g/mol. The van der Waals surface area contributed by atoms with Gasteiger partial charge in [-0.25, -0.2) is 0 Å². The van der Waals surface area contributed by atoms with E-state index in [2.05, 4.69) is 10.6 Å². The van der Waals surface area contributed by atoms with Gasteiger partial charge in [-0.2, -0.15) is 0 Å². The van der Waals surface area contributed by atoms with Crippen molar-refractivity contribution in [2.45, 2.75) is 6.54 Å². The predicted octanol–water partition coefficient (Wildman–Crippen LogP) is 0.0813. The molecule has 0 bridgehead atoms. The quantitative estimate of drug-likeness (QED) is 0.492. The summed E-state index contributed by atoms with van der Waals surface area (Å²) >= 11 is 5.74. The molecule has 0 atom stereocenters. The van der Waals surface area contributed by atoms with Crippen LogP contribution in [-0.4, -0.2) is 43.3 Å². The number of amides is 2. The summed E-state index contributed by atoms with van der Waals surface area (Å²) in [7, 11) is 0. The van der Waals surface area contributed by atoms with Crippen LogP contribution in [0.2, 0.25) is 5.02 Å². The van der Waals surface area contributed by atoms with Gasteiger partial charge in [0.1, 0.15) is 0 Å². The molecule has 7 heteroatoms. The molecule has 6 nitrogen and oxygen atoms in total. The van der Waals surface area contributed by atoms with Crippen molar-refractivity contribution in [2.75, 3.05) is 26.4 Å². The van der Waals surface area contributed by atoms with Gasteiger partial charge < -0.3 is 20.5 Å². The second-order valence-corrected chi connectivity index (χ2v) is 4.34. The van der Waals surface area contributed by atoms with Gasteiger partial charge in [0.2, 0.25) is 0 Å². The van der Waals surface area contributed by atoms with Crippen LogP contribution in [0.4, 0.5) is 0 Å². The zero-order chi connectivity index (χ0) is 14.8. The van der Waals surface area contributed by atoms with Gasteiger partial charge in [0.25, 0.3) is 0 Å². The molecule has 0 saturated carbocycles. The molecule has 0 saturated heterocycles. The molecule has 0 aromatic heterocycles. The van der Waals surface area contributed by atoms with E-state index in [1.54, 1.807) is 24.3 Å². The molecule has 0 heterocycles. The van der Waals surface area contributed by atoms with Gasteiger partial charge in [0.15, 0.2) is 0 Å². The molecule has 0 unspecified atom stereocenters. The SMILES string of the molecule is O=C(NCCOCCO)C(=O)NCc1ccc(Cl)cc1. The fraction of sp³-hybridized carbons (Fsp3) is 0.385. The first-order valence-corrected chi connectivity index (χ1v) is 6.50. The summed E-state index contributed by atoms with van der Waals surface area (Å²) < 4.78 is 4.94. The molecule has 0 radical (unpaired) electrons. The average Bonchev–Trinajstić information content (AvgIpc) is 2.46. The third-order valence-electron chi connectivity index (χ3n) is 2.34. The minimum Gasteiger partial charge on any atom is -0.394 e. The van der Waals surface area contributed by atoms with Crippen molar-refractivity contribution in [3.8, 4) is 0 Å². The standard InChI is InChI=1S/C13H17ClN2O4/c14-11-3-1-10(2-4-11)9-16-13(19)12(18)15-5-7-20-8-6-17/h1-4,17H,5-9H2,(H,15,18)(H,16,19). The third kappa shape index (κ3) is 6.51. The topological polar surface area (TPSA) is 87.7 Å². The molecule has 0 aliphatic carbocycles. The molecular weight excluding hydrogens is 284 g/mol. The molecule has 0 fully saturated rings. The van der Waals surface area contributed by atoms with E-state index < -0.39 is 11.8 Å². The number of benzene rings is 1. The van der Waals surface area contributed by atoms with E-state index in [0.717, 1.165) is 5.56 Å². The van der Waals surface area contributed by atoms with Crippen molar-refractivity contribution < 1.29 is 19.4 Å². The Hall–Kier alpha value is -1.63. The number of hydrogen-bond donors (Lipinski definition) is 3. The number of carbonyl (C=O) groups excluding carboxylic acids is 2. The fourth-order valence-electron chi connectivity index (χ4n) is 1.35. The first-order chi connectivity index (χ1) is 9.63. The molecule has 1 aromatic carbocycles. The number of rotatable bonds is 7. The van der Waals surface area contributed by atoms with E-state index in [9.17, 15) is 9.59 Å². The fourth-order valence-corrected chi connectivity index (χ4v) is 1.47. The lowest BCUT2D eigenvalue weighted by Crippen LogP contribution is -2.40. The van der Waals surface area contributed by atoms with E-state index in [1.165, 1.54) is 0 Å². The summed E-state index contributed by atoms with van der Waals surface area (Å²) in [4.78, 5) is 22.9.